The van der Waals surface area contributed by atoms with Crippen LogP contribution < -0.4 is 10.1 Å². The van der Waals surface area contributed by atoms with Crippen molar-refractivity contribution in [2.75, 3.05) is 11.9 Å². The average Bonchev–Trinajstić information content (AvgIpc) is 2.59. The lowest BCUT2D eigenvalue weighted by Gasteiger charge is -2.10. The molecule has 0 bridgehead atoms. The lowest BCUT2D eigenvalue weighted by molar-refractivity contribution is -0.116. The third-order valence-corrected chi connectivity index (χ3v) is 3.82. The summed E-state index contributed by atoms with van der Waals surface area (Å²) in [4.78, 5) is 12.0. The molecule has 0 atom stereocenters. The summed E-state index contributed by atoms with van der Waals surface area (Å²) < 4.78 is 5.67. The van der Waals surface area contributed by atoms with Crippen molar-refractivity contribution in [3.8, 4) is 5.75 Å². The maximum Gasteiger partial charge on any atom is 0.224 e. The molecule has 0 aliphatic carbocycles. The Bertz CT molecular complexity index is 620. The number of hydrogen-bond donors (Lipinski definition) is 1. The first-order valence-electron chi connectivity index (χ1n) is 8.32. The molecule has 122 valence electrons. The largest absolute Gasteiger partial charge is 0.494 e. The van der Waals surface area contributed by atoms with Crippen LogP contribution in [0.3, 0.4) is 0 Å². The zero-order chi connectivity index (χ0) is 16.5. The fourth-order valence-corrected chi connectivity index (χ4v) is 2.41. The van der Waals surface area contributed by atoms with Crippen LogP contribution in [0.15, 0.2) is 48.5 Å². The standard InChI is InChI=1S/C20H25NO2/c1-3-16-11-13-18(14-12-16)23-15-7-10-20(22)21-19-9-6-5-8-17(19)4-2/h5-6,8-9,11-14H,3-4,7,10,15H2,1-2H3,(H,21,22). The second kappa shape index (κ2) is 8.99. The van der Waals surface area contributed by atoms with E-state index in [1.807, 2.05) is 36.4 Å². The van der Waals surface area contributed by atoms with Gasteiger partial charge in [-0.15, -0.1) is 0 Å². The Kier molecular flexibility index (Phi) is 6.67. The van der Waals surface area contributed by atoms with Gasteiger partial charge in [-0.1, -0.05) is 44.2 Å². The van der Waals surface area contributed by atoms with Gasteiger partial charge in [-0.2, -0.15) is 0 Å². The van der Waals surface area contributed by atoms with Crippen LogP contribution in [0.2, 0.25) is 0 Å². The number of anilines is 1. The molecule has 1 amide bonds. The lowest BCUT2D eigenvalue weighted by Crippen LogP contribution is -2.14. The molecule has 0 saturated heterocycles. The van der Waals surface area contributed by atoms with Crippen LogP contribution in [0.4, 0.5) is 5.69 Å². The summed E-state index contributed by atoms with van der Waals surface area (Å²) >= 11 is 0. The molecule has 2 aromatic carbocycles. The number of rotatable bonds is 8. The van der Waals surface area contributed by atoms with Gasteiger partial charge in [0.25, 0.3) is 0 Å². The van der Waals surface area contributed by atoms with Gasteiger partial charge in [-0.05, 0) is 48.6 Å². The van der Waals surface area contributed by atoms with Gasteiger partial charge in [0.2, 0.25) is 5.91 Å². The Labute approximate surface area is 138 Å². The highest BCUT2D eigenvalue weighted by Crippen LogP contribution is 2.16. The maximum absolute atomic E-state index is 12.0. The Morgan fingerprint density at radius 2 is 1.74 bits per heavy atom. The SMILES string of the molecule is CCc1ccc(OCCCC(=O)Nc2ccccc2CC)cc1. The molecular weight excluding hydrogens is 286 g/mol. The number of hydrogen-bond acceptors (Lipinski definition) is 2. The van der Waals surface area contributed by atoms with Crippen LogP contribution in [0.25, 0.3) is 0 Å². The third kappa shape index (κ3) is 5.44. The van der Waals surface area contributed by atoms with E-state index >= 15 is 0 Å². The first-order valence-corrected chi connectivity index (χ1v) is 8.32. The van der Waals surface area contributed by atoms with E-state index in [2.05, 4.69) is 31.3 Å². The van der Waals surface area contributed by atoms with Crippen LogP contribution in [0, 0.1) is 0 Å². The quantitative estimate of drug-likeness (QED) is 0.723. The van der Waals surface area contributed by atoms with E-state index in [-0.39, 0.29) is 5.91 Å². The highest BCUT2D eigenvalue weighted by atomic mass is 16.5. The fourth-order valence-electron chi connectivity index (χ4n) is 2.41. The number of aryl methyl sites for hydroxylation is 2. The molecule has 3 nitrogen and oxygen atoms in total. The van der Waals surface area contributed by atoms with E-state index in [9.17, 15) is 4.79 Å². The van der Waals surface area contributed by atoms with E-state index < -0.39 is 0 Å². The molecule has 3 heteroatoms. The Morgan fingerprint density at radius 3 is 2.43 bits per heavy atom. The Hall–Kier alpha value is -2.29. The lowest BCUT2D eigenvalue weighted by atomic mass is 10.1. The van der Waals surface area contributed by atoms with Gasteiger partial charge < -0.3 is 10.1 Å². The van der Waals surface area contributed by atoms with E-state index in [4.69, 9.17) is 4.74 Å². The molecule has 0 radical (unpaired) electrons. The van der Waals surface area contributed by atoms with Crippen molar-refractivity contribution in [2.24, 2.45) is 0 Å². The van der Waals surface area contributed by atoms with Crippen molar-refractivity contribution < 1.29 is 9.53 Å². The summed E-state index contributed by atoms with van der Waals surface area (Å²) in [6.45, 7) is 4.77. The van der Waals surface area contributed by atoms with Crippen LogP contribution >= 0.6 is 0 Å². The molecule has 0 aliphatic heterocycles. The number of amides is 1. The topological polar surface area (TPSA) is 38.3 Å². The normalized spacial score (nSPS) is 10.3. The molecule has 0 saturated carbocycles. The van der Waals surface area contributed by atoms with Crippen molar-refractivity contribution in [1.29, 1.82) is 0 Å². The van der Waals surface area contributed by atoms with Gasteiger partial charge in [0.05, 0.1) is 6.61 Å². The number of para-hydroxylation sites is 1. The van der Waals surface area contributed by atoms with Gasteiger partial charge in [0, 0.05) is 12.1 Å². The summed E-state index contributed by atoms with van der Waals surface area (Å²) in [5.41, 5.74) is 3.37. The smallest absolute Gasteiger partial charge is 0.224 e. The molecule has 0 aliphatic rings. The summed E-state index contributed by atoms with van der Waals surface area (Å²) in [6.07, 6.45) is 3.10. The van der Waals surface area contributed by atoms with Crippen molar-refractivity contribution in [3.05, 3.63) is 59.7 Å². The third-order valence-electron chi connectivity index (χ3n) is 3.82. The average molecular weight is 311 g/mol. The zero-order valence-corrected chi connectivity index (χ0v) is 14.0. The predicted octanol–water partition coefficient (Wildman–Crippen LogP) is 4.61. The van der Waals surface area contributed by atoms with Crippen LogP contribution in [0.5, 0.6) is 5.75 Å². The second-order valence-electron chi connectivity index (χ2n) is 5.51. The minimum atomic E-state index is 0.0378. The number of nitrogens with one attached hydrogen (secondary N) is 1. The van der Waals surface area contributed by atoms with Gasteiger partial charge in [-0.3, -0.25) is 4.79 Å². The number of ether oxygens (including phenoxy) is 1. The van der Waals surface area contributed by atoms with Crippen LogP contribution in [-0.2, 0) is 17.6 Å². The molecule has 0 unspecified atom stereocenters. The fraction of sp³-hybridized carbons (Fsp3) is 0.350. The van der Waals surface area contributed by atoms with Crippen molar-refractivity contribution in [2.45, 2.75) is 39.5 Å². The van der Waals surface area contributed by atoms with E-state index in [0.717, 1.165) is 29.8 Å². The second-order valence-corrected chi connectivity index (χ2v) is 5.51. The van der Waals surface area contributed by atoms with Gasteiger partial charge in [0.1, 0.15) is 5.75 Å². The Balaban J connectivity index is 1.72. The van der Waals surface area contributed by atoms with Crippen molar-refractivity contribution >= 4 is 11.6 Å². The summed E-state index contributed by atoms with van der Waals surface area (Å²) in [6, 6.07) is 16.0. The highest BCUT2D eigenvalue weighted by Gasteiger charge is 2.05. The number of carbonyl (C=O) groups excluding carboxylic acids is 1. The molecule has 2 rings (SSSR count). The minimum Gasteiger partial charge on any atom is -0.494 e. The minimum absolute atomic E-state index is 0.0378. The summed E-state index contributed by atoms with van der Waals surface area (Å²) in [5, 5.41) is 2.98. The van der Waals surface area contributed by atoms with Crippen molar-refractivity contribution in [3.63, 3.8) is 0 Å². The number of benzene rings is 2. The molecule has 0 spiro atoms. The molecule has 0 aromatic heterocycles. The molecule has 0 fully saturated rings. The van der Waals surface area contributed by atoms with E-state index in [1.165, 1.54) is 5.56 Å². The van der Waals surface area contributed by atoms with Gasteiger partial charge in [0.15, 0.2) is 0 Å². The van der Waals surface area contributed by atoms with Crippen LogP contribution in [0.1, 0.15) is 37.8 Å². The molecule has 2 aromatic rings. The molecular formula is C20H25NO2. The molecule has 0 heterocycles. The monoisotopic (exact) mass is 311 g/mol. The van der Waals surface area contributed by atoms with E-state index in [0.29, 0.717) is 19.4 Å². The Morgan fingerprint density at radius 1 is 1.00 bits per heavy atom. The van der Waals surface area contributed by atoms with Crippen molar-refractivity contribution in [1.82, 2.24) is 0 Å². The summed E-state index contributed by atoms with van der Waals surface area (Å²) in [5.74, 6) is 0.898. The van der Waals surface area contributed by atoms with Gasteiger partial charge >= 0.3 is 0 Å². The van der Waals surface area contributed by atoms with Gasteiger partial charge in [-0.25, -0.2) is 0 Å². The van der Waals surface area contributed by atoms with Crippen LogP contribution in [-0.4, -0.2) is 12.5 Å². The highest BCUT2D eigenvalue weighted by molar-refractivity contribution is 5.91. The zero-order valence-electron chi connectivity index (χ0n) is 14.0. The molecule has 23 heavy (non-hydrogen) atoms. The first kappa shape index (κ1) is 17.1. The van der Waals surface area contributed by atoms with E-state index in [1.54, 1.807) is 0 Å². The number of carbonyl (C=O) groups is 1. The predicted molar refractivity (Wildman–Crippen MR) is 95.0 cm³/mol. The molecule has 1 N–H and O–H groups in total. The first-order chi connectivity index (χ1) is 11.2. The summed E-state index contributed by atoms with van der Waals surface area (Å²) in [7, 11) is 0. The maximum atomic E-state index is 12.0.